The minimum absolute atomic E-state index is 0.806. The van der Waals surface area contributed by atoms with Gasteiger partial charge in [0, 0.05) is 12.4 Å². The second-order valence-corrected chi connectivity index (χ2v) is 2.84. The molecule has 2 heterocycles. The van der Waals surface area contributed by atoms with Gasteiger partial charge in [-0.05, 0) is 12.2 Å². The Bertz CT molecular complexity index is 241. The van der Waals surface area contributed by atoms with E-state index in [9.17, 15) is 0 Å². The number of nitrogens with two attached hydrogens (primary N) is 1. The molecule has 0 unspecified atom stereocenters. The number of hydrogen-bond acceptors (Lipinski definition) is 4. The summed E-state index contributed by atoms with van der Waals surface area (Å²) in [7, 11) is 0. The molecule has 0 aromatic rings. The fraction of sp³-hybridized carbons (Fsp3) is 0. The average molecular weight is 153 g/mol. The third kappa shape index (κ3) is 0.690. The lowest BCUT2D eigenvalue weighted by molar-refractivity contribution is 0.781. The summed E-state index contributed by atoms with van der Waals surface area (Å²) < 4.78 is 4.98. The summed E-state index contributed by atoms with van der Waals surface area (Å²) in [6, 6.07) is 0. The van der Waals surface area contributed by atoms with E-state index in [2.05, 4.69) is 4.72 Å². The smallest absolute Gasteiger partial charge is 0.0929 e. The highest BCUT2D eigenvalue weighted by molar-refractivity contribution is 7.95. The Morgan fingerprint density at radius 2 is 2.50 bits per heavy atom. The lowest BCUT2D eigenvalue weighted by Crippen LogP contribution is -2.13. The van der Waals surface area contributed by atoms with Gasteiger partial charge in [-0.2, -0.15) is 0 Å². The van der Waals surface area contributed by atoms with Gasteiger partial charge in [-0.25, -0.2) is 0 Å². The quantitative estimate of drug-likeness (QED) is 0.502. The van der Waals surface area contributed by atoms with E-state index < -0.39 is 0 Å². The van der Waals surface area contributed by atoms with Crippen LogP contribution >= 0.6 is 12.1 Å². The van der Waals surface area contributed by atoms with Gasteiger partial charge < -0.3 is 10.5 Å². The van der Waals surface area contributed by atoms with Crippen LogP contribution in [0, 0.1) is 0 Å². The summed E-state index contributed by atoms with van der Waals surface area (Å²) in [4.78, 5) is 0. The summed E-state index contributed by atoms with van der Waals surface area (Å²) in [5.41, 5.74) is 7.51. The minimum Gasteiger partial charge on any atom is -0.397 e. The van der Waals surface area contributed by atoms with E-state index in [0.717, 1.165) is 11.4 Å². The lowest BCUT2D eigenvalue weighted by Gasteiger charge is -2.16. The highest BCUT2D eigenvalue weighted by Crippen LogP contribution is 2.27. The zero-order valence-electron chi connectivity index (χ0n) is 5.24. The van der Waals surface area contributed by atoms with E-state index in [0.29, 0.717) is 0 Å². The highest BCUT2D eigenvalue weighted by atomic mass is 32.2. The summed E-state index contributed by atoms with van der Waals surface area (Å²) >= 11 is 1.51. The predicted molar refractivity (Wildman–Crippen MR) is 42.1 cm³/mol. The zero-order valence-corrected chi connectivity index (χ0v) is 6.06. The maximum atomic E-state index is 5.67. The molecule has 0 aromatic heterocycles. The summed E-state index contributed by atoms with van der Waals surface area (Å²) in [6.07, 6.45) is 7.66. The van der Waals surface area contributed by atoms with Gasteiger partial charge in [0.15, 0.2) is 0 Å². The van der Waals surface area contributed by atoms with Gasteiger partial charge in [-0.1, -0.05) is 0 Å². The van der Waals surface area contributed by atoms with Crippen molar-refractivity contribution in [3.63, 3.8) is 0 Å². The van der Waals surface area contributed by atoms with Crippen LogP contribution in [0.15, 0.2) is 35.9 Å². The molecule has 4 heteroatoms. The number of fused-ring (bicyclic) bond motifs is 1. The topological polar surface area (TPSA) is 41.3 Å². The SMILES string of the molecule is NC1=CC=CN2SNC=C12. The van der Waals surface area contributed by atoms with Crippen molar-refractivity contribution in [1.82, 2.24) is 9.03 Å². The third-order valence-electron chi connectivity index (χ3n) is 1.38. The van der Waals surface area contributed by atoms with E-state index in [-0.39, 0.29) is 0 Å². The minimum atomic E-state index is 0.806. The first-order chi connectivity index (χ1) is 4.88. The summed E-state index contributed by atoms with van der Waals surface area (Å²) in [5.74, 6) is 0. The molecule has 0 radical (unpaired) electrons. The predicted octanol–water partition coefficient (Wildman–Crippen LogP) is 0.666. The molecule has 10 heavy (non-hydrogen) atoms. The van der Waals surface area contributed by atoms with E-state index in [1.807, 2.05) is 28.9 Å². The molecule has 0 amide bonds. The lowest BCUT2D eigenvalue weighted by atomic mass is 10.2. The van der Waals surface area contributed by atoms with Crippen molar-refractivity contribution in [2.45, 2.75) is 0 Å². The van der Waals surface area contributed by atoms with Crippen LogP contribution in [0.3, 0.4) is 0 Å². The Labute approximate surface area is 63.5 Å². The normalized spacial score (nSPS) is 21.4. The molecule has 3 nitrogen and oxygen atoms in total. The number of hydrogen-bond donors (Lipinski definition) is 2. The zero-order chi connectivity index (χ0) is 6.97. The van der Waals surface area contributed by atoms with Crippen LogP contribution < -0.4 is 10.5 Å². The van der Waals surface area contributed by atoms with Crippen molar-refractivity contribution in [3.8, 4) is 0 Å². The molecular weight excluding hydrogens is 146 g/mol. The molecule has 3 N–H and O–H groups in total. The Kier molecular flexibility index (Phi) is 1.14. The second kappa shape index (κ2) is 1.98. The van der Waals surface area contributed by atoms with Crippen LogP contribution in [0.1, 0.15) is 0 Å². The van der Waals surface area contributed by atoms with Crippen molar-refractivity contribution >= 4 is 12.1 Å². The molecule has 0 saturated carbocycles. The van der Waals surface area contributed by atoms with Gasteiger partial charge in [0.05, 0.1) is 23.5 Å². The average Bonchev–Trinajstić information content (AvgIpc) is 2.36. The molecule has 2 aliphatic heterocycles. The van der Waals surface area contributed by atoms with Crippen LogP contribution in [0.2, 0.25) is 0 Å². The Hall–Kier alpha value is -1.03. The Morgan fingerprint density at radius 3 is 3.30 bits per heavy atom. The van der Waals surface area contributed by atoms with E-state index in [4.69, 9.17) is 5.73 Å². The van der Waals surface area contributed by atoms with Crippen molar-refractivity contribution < 1.29 is 0 Å². The van der Waals surface area contributed by atoms with Crippen molar-refractivity contribution in [1.29, 1.82) is 0 Å². The molecule has 0 atom stereocenters. The summed E-state index contributed by atoms with van der Waals surface area (Å²) in [5, 5.41) is 0. The molecule has 52 valence electrons. The first kappa shape index (κ1) is 5.73. The Morgan fingerprint density at radius 1 is 1.60 bits per heavy atom. The highest BCUT2D eigenvalue weighted by Gasteiger charge is 2.17. The maximum absolute atomic E-state index is 5.67. The van der Waals surface area contributed by atoms with Crippen molar-refractivity contribution in [2.24, 2.45) is 5.73 Å². The third-order valence-corrected chi connectivity index (χ3v) is 2.12. The molecular formula is C6H7N3S. The van der Waals surface area contributed by atoms with Gasteiger partial charge in [0.25, 0.3) is 0 Å². The first-order valence-corrected chi connectivity index (χ1v) is 3.71. The molecule has 0 bridgehead atoms. The first-order valence-electron chi connectivity index (χ1n) is 2.94. The van der Waals surface area contributed by atoms with Crippen LogP contribution in [0.5, 0.6) is 0 Å². The molecule has 0 aromatic carbocycles. The van der Waals surface area contributed by atoms with Gasteiger partial charge in [-0.15, -0.1) is 0 Å². The van der Waals surface area contributed by atoms with E-state index >= 15 is 0 Å². The monoisotopic (exact) mass is 153 g/mol. The number of nitrogens with one attached hydrogen (secondary N) is 1. The van der Waals surface area contributed by atoms with Crippen molar-refractivity contribution in [3.05, 3.63) is 35.9 Å². The number of rotatable bonds is 0. The number of allylic oxidation sites excluding steroid dienone is 2. The molecule has 2 rings (SSSR count). The Balaban J connectivity index is 2.38. The second-order valence-electron chi connectivity index (χ2n) is 2.03. The molecule has 0 aliphatic carbocycles. The van der Waals surface area contributed by atoms with Gasteiger partial charge in [-0.3, -0.25) is 4.31 Å². The van der Waals surface area contributed by atoms with E-state index in [1.54, 1.807) is 0 Å². The van der Waals surface area contributed by atoms with Crippen LogP contribution in [0.25, 0.3) is 0 Å². The van der Waals surface area contributed by atoms with Gasteiger partial charge in [0.2, 0.25) is 0 Å². The van der Waals surface area contributed by atoms with Crippen LogP contribution in [-0.4, -0.2) is 4.31 Å². The molecule has 2 aliphatic rings. The van der Waals surface area contributed by atoms with Gasteiger partial charge in [0.1, 0.15) is 0 Å². The molecule has 0 fully saturated rings. The van der Waals surface area contributed by atoms with E-state index in [1.165, 1.54) is 12.1 Å². The van der Waals surface area contributed by atoms with Crippen molar-refractivity contribution in [2.75, 3.05) is 0 Å². The van der Waals surface area contributed by atoms with Gasteiger partial charge >= 0.3 is 0 Å². The molecule has 0 saturated heterocycles. The fourth-order valence-corrected chi connectivity index (χ4v) is 1.55. The maximum Gasteiger partial charge on any atom is 0.0929 e. The summed E-state index contributed by atoms with van der Waals surface area (Å²) in [6.45, 7) is 0. The largest absolute Gasteiger partial charge is 0.397 e. The standard InChI is InChI=1S/C6H7N3S/c7-5-2-1-3-9-6(5)4-8-10-9/h1-4,8H,7H2. The molecule has 0 spiro atoms. The number of nitrogens with zero attached hydrogens (tertiary/aromatic N) is 1. The fourth-order valence-electron chi connectivity index (χ4n) is 0.883. The van der Waals surface area contributed by atoms with Crippen LogP contribution in [-0.2, 0) is 0 Å². The van der Waals surface area contributed by atoms with Crippen LogP contribution in [0.4, 0.5) is 0 Å².